The van der Waals surface area contributed by atoms with Gasteiger partial charge in [0.1, 0.15) is 29.5 Å². The largest absolute Gasteiger partial charge is 0.508 e. The molecule has 352 valence electrons. The van der Waals surface area contributed by atoms with Crippen LogP contribution >= 0.6 is 0 Å². The number of hydrogen-bond acceptors (Lipinski definition) is 10. The van der Waals surface area contributed by atoms with Crippen LogP contribution in [0.15, 0.2) is 67.4 Å². The maximum absolute atomic E-state index is 14.7. The number of cyclic esters (lactones) is 1. The monoisotopic (exact) mass is 903 g/mol. The number of fused-ring (bicyclic) bond motifs is 6. The molecule has 0 aliphatic carbocycles. The smallest absolute Gasteiger partial charge is 0.324 e. The summed E-state index contributed by atoms with van der Waals surface area (Å²) in [7, 11) is 3.28. The summed E-state index contributed by atoms with van der Waals surface area (Å²) in [5, 5.41) is 16.6. The predicted octanol–water partition coefficient (Wildman–Crippen LogP) is 5.45. The quantitative estimate of drug-likeness (QED) is 0.130. The number of amides is 4. The summed E-state index contributed by atoms with van der Waals surface area (Å²) in [5.74, 6) is -2.89. The fraction of sp³-hybridized carbons (Fsp3) is 0.490. The van der Waals surface area contributed by atoms with Gasteiger partial charge in [0.25, 0.3) is 5.91 Å². The van der Waals surface area contributed by atoms with E-state index in [1.54, 1.807) is 37.4 Å². The average molecular weight is 904 g/mol. The number of hydrogen-bond donors (Lipinski definition) is 3. The van der Waals surface area contributed by atoms with E-state index in [-0.39, 0.29) is 49.6 Å². The number of nitrogens with zero attached hydrogens (tertiary/aromatic N) is 5. The van der Waals surface area contributed by atoms with Crippen LogP contribution in [0.2, 0.25) is 0 Å². The molecule has 4 amide bonds. The van der Waals surface area contributed by atoms with Gasteiger partial charge in [0.2, 0.25) is 17.7 Å². The van der Waals surface area contributed by atoms with Gasteiger partial charge in [0.05, 0.1) is 24.8 Å². The standard InChI is InChI=1S/C51H65N7O8/c1-9-43(60)56-20-17-34(29-56)48(62)55(7)44(31(3)4)47(61)53-42-24-32-22-35(25-37(59)23-32)36-26-39-40(27-51(5,6)30-66-50(64)41-16-13-19-58(54-41)49(42)63)45(57(10-2)46(39)52-28-36)38-15-12-11-14-33(38)18-21-65-8/h9,11-12,14-15,22-23,25-26,28,31,34,41-42,44,54,59H,1,10,13,16-21,24,27,29-30H2,2-8H3,(H,53,61)/t34-,41-,42+,44?/m0/s1. The normalized spacial score (nSPS) is 20.5. The number of aromatic hydroxyl groups is 1. The lowest BCUT2D eigenvalue weighted by atomic mass is 9.84. The molecule has 4 atom stereocenters. The number of hydrazine groups is 1. The van der Waals surface area contributed by atoms with Gasteiger partial charge >= 0.3 is 5.97 Å². The Labute approximate surface area is 387 Å². The summed E-state index contributed by atoms with van der Waals surface area (Å²) >= 11 is 0. The second kappa shape index (κ2) is 20.2. The number of phenolic OH excluding ortho intramolecular Hbond substituents is 1. The number of aromatic nitrogens is 2. The van der Waals surface area contributed by atoms with Crippen molar-refractivity contribution in [2.24, 2.45) is 17.3 Å². The van der Waals surface area contributed by atoms with Gasteiger partial charge in [0.15, 0.2) is 0 Å². The number of likely N-dealkylation sites (tertiary alicyclic amines) is 1. The lowest BCUT2D eigenvalue weighted by molar-refractivity contribution is -0.155. The first kappa shape index (κ1) is 47.9. The second-order valence-electron chi connectivity index (χ2n) is 19.1. The van der Waals surface area contributed by atoms with Gasteiger partial charge in [-0.1, -0.05) is 64.6 Å². The molecule has 0 radical (unpaired) electrons. The van der Waals surface area contributed by atoms with Crippen LogP contribution in [0.5, 0.6) is 5.75 Å². The minimum Gasteiger partial charge on any atom is -0.508 e. The van der Waals surface area contributed by atoms with Crippen molar-refractivity contribution >= 4 is 40.6 Å². The highest BCUT2D eigenvalue weighted by molar-refractivity contribution is 5.95. The van der Waals surface area contributed by atoms with E-state index in [4.69, 9.17) is 14.5 Å². The molecule has 3 aliphatic heterocycles. The number of carbonyl (C=O) groups is 5. The van der Waals surface area contributed by atoms with Crippen LogP contribution in [0.25, 0.3) is 33.4 Å². The van der Waals surface area contributed by atoms with Crippen LogP contribution in [0.1, 0.15) is 70.6 Å². The van der Waals surface area contributed by atoms with E-state index in [0.717, 1.165) is 39.0 Å². The first-order valence-corrected chi connectivity index (χ1v) is 23.2. The number of methoxy groups -OCH3 is 1. The van der Waals surface area contributed by atoms with E-state index in [1.165, 1.54) is 16.0 Å². The molecule has 15 nitrogen and oxygen atoms in total. The molecule has 0 saturated carbocycles. The Morgan fingerprint density at radius 2 is 1.88 bits per heavy atom. The highest BCUT2D eigenvalue weighted by Crippen LogP contribution is 2.41. The third-order valence-corrected chi connectivity index (χ3v) is 13.2. The number of rotatable bonds is 11. The van der Waals surface area contributed by atoms with Gasteiger partial charge in [-0.15, -0.1) is 0 Å². The molecule has 5 heterocycles. The number of nitrogens with one attached hydrogen (secondary N) is 2. The van der Waals surface area contributed by atoms with E-state index in [1.807, 2.05) is 32.0 Å². The first-order chi connectivity index (χ1) is 31.5. The Kier molecular flexibility index (Phi) is 14.7. The van der Waals surface area contributed by atoms with Crippen LogP contribution in [0.4, 0.5) is 0 Å². The Bertz CT molecular complexity index is 2500. The van der Waals surface area contributed by atoms with E-state index in [0.29, 0.717) is 62.9 Å². The number of benzene rings is 2. The maximum atomic E-state index is 14.7. The lowest BCUT2D eigenvalue weighted by Crippen LogP contribution is -2.62. The first-order valence-electron chi connectivity index (χ1n) is 23.2. The number of pyridine rings is 1. The molecule has 2 fully saturated rings. The molecule has 6 bridgehead atoms. The van der Waals surface area contributed by atoms with Gasteiger partial charge in [0, 0.05) is 74.9 Å². The molecule has 3 N–H and O–H groups in total. The molecule has 0 spiro atoms. The summed E-state index contributed by atoms with van der Waals surface area (Å²) in [4.78, 5) is 77.4. The zero-order valence-electron chi connectivity index (χ0n) is 39.4. The van der Waals surface area contributed by atoms with Crippen LogP contribution in [0.3, 0.4) is 0 Å². The van der Waals surface area contributed by atoms with Crippen LogP contribution < -0.4 is 10.7 Å². The van der Waals surface area contributed by atoms with Gasteiger partial charge in [-0.25, -0.2) is 10.4 Å². The molecular weight excluding hydrogens is 839 g/mol. The SMILES string of the molecule is C=CC(=O)N1CC[C@H](C(=O)N(C)C(C(=O)N[C@@H]2Cc3cc(O)cc(c3)-c3cnc4c(c3)c(c(-c3ccccc3CCOC)n4CC)CC(C)(C)COC(=O)[C@@H]3CCCN(N3)C2=O)C(C)C)C1. The highest BCUT2D eigenvalue weighted by Gasteiger charge is 2.40. The molecule has 4 aromatic rings. The van der Waals surface area contributed by atoms with Crippen molar-refractivity contribution in [1.29, 1.82) is 0 Å². The third-order valence-electron chi connectivity index (χ3n) is 13.2. The Morgan fingerprint density at radius 1 is 1.11 bits per heavy atom. The summed E-state index contributed by atoms with van der Waals surface area (Å²) < 4.78 is 13.8. The predicted molar refractivity (Wildman–Crippen MR) is 252 cm³/mol. The van der Waals surface area contributed by atoms with Crippen molar-refractivity contribution < 1.29 is 38.6 Å². The lowest BCUT2D eigenvalue weighted by Gasteiger charge is -2.37. The summed E-state index contributed by atoms with van der Waals surface area (Å²) in [5.41, 5.74) is 9.67. The van der Waals surface area contributed by atoms with Crippen LogP contribution in [-0.4, -0.2) is 124 Å². The molecular formula is C51H65N7O8. The number of carbonyl (C=O) groups excluding carboxylic acids is 5. The van der Waals surface area contributed by atoms with Crippen molar-refractivity contribution in [2.75, 3.05) is 47.0 Å². The Hall–Kier alpha value is -6.06. The number of esters is 1. The van der Waals surface area contributed by atoms with Crippen molar-refractivity contribution in [2.45, 2.75) is 97.8 Å². The zero-order valence-corrected chi connectivity index (χ0v) is 39.4. The highest BCUT2D eigenvalue weighted by atomic mass is 16.5. The fourth-order valence-electron chi connectivity index (χ4n) is 9.92. The van der Waals surface area contributed by atoms with Crippen LogP contribution in [-0.2, 0) is 59.3 Å². The number of likely N-dealkylation sites (N-methyl/N-ethyl adjacent to an activating group) is 1. The van der Waals surface area contributed by atoms with E-state index >= 15 is 0 Å². The van der Waals surface area contributed by atoms with E-state index in [2.05, 4.69) is 60.9 Å². The summed E-state index contributed by atoms with van der Waals surface area (Å²) in [6.07, 6.45) is 5.66. The molecule has 2 saturated heterocycles. The number of phenols is 1. The van der Waals surface area contributed by atoms with E-state index < -0.39 is 47.2 Å². The Balaban J connectivity index is 1.30. The maximum Gasteiger partial charge on any atom is 0.324 e. The fourth-order valence-corrected chi connectivity index (χ4v) is 9.92. The Morgan fingerprint density at radius 3 is 2.61 bits per heavy atom. The van der Waals surface area contributed by atoms with Gasteiger partial charge in [-0.2, -0.15) is 0 Å². The molecule has 1 unspecified atom stereocenters. The third kappa shape index (κ3) is 10.2. The molecule has 3 aliphatic rings. The van der Waals surface area contributed by atoms with Gasteiger partial charge < -0.3 is 34.3 Å². The second-order valence-corrected chi connectivity index (χ2v) is 19.1. The van der Waals surface area contributed by atoms with Gasteiger partial charge in [-0.3, -0.25) is 29.0 Å². The summed E-state index contributed by atoms with van der Waals surface area (Å²) in [6, 6.07) is 12.6. The summed E-state index contributed by atoms with van der Waals surface area (Å²) in [6.45, 7) is 15.7. The number of aryl methyl sites for hydroxylation is 1. The molecule has 2 aromatic carbocycles. The number of ether oxygens (including phenoxy) is 2. The molecule has 15 heteroatoms. The van der Waals surface area contributed by atoms with Crippen molar-refractivity contribution in [1.82, 2.24) is 35.1 Å². The minimum atomic E-state index is -1.17. The topological polar surface area (TPSA) is 176 Å². The molecule has 2 aromatic heterocycles. The van der Waals surface area contributed by atoms with Gasteiger partial charge in [-0.05, 0) is 91.5 Å². The zero-order chi connectivity index (χ0) is 47.4. The molecule has 7 rings (SSSR count). The molecule has 66 heavy (non-hydrogen) atoms. The van der Waals surface area contributed by atoms with Crippen molar-refractivity contribution in [3.05, 3.63) is 84.1 Å². The van der Waals surface area contributed by atoms with E-state index in [9.17, 15) is 29.1 Å². The van der Waals surface area contributed by atoms with Crippen molar-refractivity contribution in [3.63, 3.8) is 0 Å². The minimum absolute atomic E-state index is 0.0211. The van der Waals surface area contributed by atoms with Crippen molar-refractivity contribution in [3.8, 4) is 28.1 Å². The van der Waals surface area contributed by atoms with Crippen LogP contribution in [0, 0.1) is 17.3 Å². The average Bonchev–Trinajstić information content (AvgIpc) is 3.91.